The van der Waals surface area contributed by atoms with Crippen LogP contribution in [-0.2, 0) is 4.79 Å². The maximum absolute atomic E-state index is 12.8. The first-order valence-electron chi connectivity index (χ1n) is 2.73. The van der Waals surface area contributed by atoms with Crippen LogP contribution in [0.1, 0.15) is 6.42 Å². The monoisotopic (exact) mass is 242 g/mol. The smallest absolute Gasteiger partial charge is 0.297 e. The largest absolute Gasteiger partial charge is 0.305 e. The van der Waals surface area contributed by atoms with Gasteiger partial charge in [0, 0.05) is 0 Å². The Morgan fingerprint density at radius 1 is 1.25 bits per heavy atom. The Balaban J connectivity index is 4.33. The van der Waals surface area contributed by atoms with Crippen molar-refractivity contribution in [2.45, 2.75) is 16.1 Å². The number of rotatable bonds is 4. The lowest BCUT2D eigenvalue weighted by Gasteiger charge is -2.22. The molecule has 0 aliphatic heterocycles. The molecule has 0 radical (unpaired) electrons. The Kier molecular flexibility index (Phi) is 4.14. The summed E-state index contributed by atoms with van der Waals surface area (Å²) in [6, 6.07) is 0. The Hall–Kier alpha value is 0.330. The van der Waals surface area contributed by atoms with Crippen LogP contribution >= 0.6 is 34.8 Å². The quantitative estimate of drug-likeness (QED) is 0.694. The maximum atomic E-state index is 12.8. The van der Waals surface area contributed by atoms with Crippen molar-refractivity contribution in [2.75, 3.05) is 6.67 Å². The van der Waals surface area contributed by atoms with Crippen molar-refractivity contribution >= 4 is 40.6 Å². The van der Waals surface area contributed by atoms with E-state index >= 15 is 0 Å². The Labute approximate surface area is 81.8 Å². The van der Waals surface area contributed by atoms with Crippen LogP contribution in [0.5, 0.6) is 0 Å². The molecule has 12 heavy (non-hydrogen) atoms. The van der Waals surface area contributed by atoms with Gasteiger partial charge in [0.1, 0.15) is 6.67 Å². The zero-order valence-electron chi connectivity index (χ0n) is 5.59. The molecule has 0 saturated heterocycles. The van der Waals surface area contributed by atoms with Crippen LogP contribution in [0.4, 0.5) is 13.2 Å². The second-order valence-corrected chi connectivity index (χ2v) is 3.89. The Morgan fingerprint density at radius 3 is 1.92 bits per heavy atom. The van der Waals surface area contributed by atoms with Crippen LogP contribution < -0.4 is 0 Å². The predicted molar refractivity (Wildman–Crippen MR) is 40.8 cm³/mol. The van der Waals surface area contributed by atoms with Gasteiger partial charge in [0.15, 0.2) is 5.78 Å². The third kappa shape index (κ3) is 3.37. The fourth-order valence-electron chi connectivity index (χ4n) is 0.395. The van der Waals surface area contributed by atoms with Crippen molar-refractivity contribution in [3.8, 4) is 0 Å². The first-order valence-corrected chi connectivity index (χ1v) is 3.86. The molecule has 0 aromatic carbocycles. The lowest BCUT2D eigenvalue weighted by atomic mass is 10.2. The number of carbonyl (C=O) groups excluding carboxylic acids is 1. The fraction of sp³-hybridized carbons (Fsp3) is 0.800. The molecule has 0 heterocycles. The zero-order chi connectivity index (χ0) is 9.99. The molecule has 0 aromatic rings. The molecule has 0 fully saturated rings. The van der Waals surface area contributed by atoms with Crippen molar-refractivity contribution in [1.29, 1.82) is 0 Å². The molecule has 0 bridgehead atoms. The minimum absolute atomic E-state index is 1.21. The number of Topliss-reactive ketones (excluding diaryl/α,β-unsaturated/α-hetero) is 1. The minimum atomic E-state index is -3.42. The average Bonchev–Trinajstić information content (AvgIpc) is 1.84. The third-order valence-corrected chi connectivity index (χ3v) is 2.17. The van der Waals surface area contributed by atoms with Crippen LogP contribution in [0.15, 0.2) is 0 Å². The summed E-state index contributed by atoms with van der Waals surface area (Å²) in [6.45, 7) is -1.44. The summed E-state index contributed by atoms with van der Waals surface area (Å²) >= 11 is 14.1. The zero-order valence-corrected chi connectivity index (χ0v) is 7.86. The maximum Gasteiger partial charge on any atom is 0.305 e. The summed E-state index contributed by atoms with van der Waals surface area (Å²) in [4.78, 5) is 10.3. The first-order chi connectivity index (χ1) is 5.20. The highest BCUT2D eigenvalue weighted by molar-refractivity contribution is 6.52. The van der Waals surface area contributed by atoms with Gasteiger partial charge in [-0.2, -0.15) is 0 Å². The number of hydrogen-bond donors (Lipinski definition) is 0. The van der Waals surface area contributed by atoms with Gasteiger partial charge >= 0.3 is 4.59 Å². The second-order valence-electron chi connectivity index (χ2n) is 2.05. The number of hydrogen-bond acceptors (Lipinski definition) is 1. The first kappa shape index (κ1) is 12.3. The summed E-state index contributed by atoms with van der Waals surface area (Å²) in [6.07, 6.45) is -1.21. The van der Waals surface area contributed by atoms with Gasteiger partial charge in [0.2, 0.25) is 0 Å². The topological polar surface area (TPSA) is 17.1 Å². The lowest BCUT2D eigenvalue weighted by Crippen LogP contribution is -2.35. The molecule has 0 rings (SSSR count). The molecule has 0 saturated carbocycles. The van der Waals surface area contributed by atoms with Crippen molar-refractivity contribution in [3.63, 3.8) is 0 Å². The van der Waals surface area contributed by atoms with Gasteiger partial charge in [-0.15, -0.1) is 0 Å². The Bertz CT molecular complexity index is 177. The SMILES string of the molecule is O=C(CF)CC(F)(Cl)C(F)(Cl)Cl. The summed E-state index contributed by atoms with van der Waals surface area (Å²) in [5.74, 6) is -1.21. The highest BCUT2D eigenvalue weighted by atomic mass is 35.5. The van der Waals surface area contributed by atoms with E-state index in [1.165, 1.54) is 0 Å². The standard InChI is InChI=1S/C5H4Cl3F3O/c6-4(10,5(7,8)11)1-3(12)2-9/h1-2H2. The fourth-order valence-corrected chi connectivity index (χ4v) is 0.678. The van der Waals surface area contributed by atoms with Crippen LogP contribution in [0.2, 0.25) is 0 Å². The molecule has 0 aliphatic rings. The van der Waals surface area contributed by atoms with E-state index in [1.807, 2.05) is 0 Å². The normalized spacial score (nSPS) is 17.2. The van der Waals surface area contributed by atoms with E-state index in [2.05, 4.69) is 23.2 Å². The van der Waals surface area contributed by atoms with Gasteiger partial charge < -0.3 is 0 Å². The molecule has 1 atom stereocenters. The van der Waals surface area contributed by atoms with Gasteiger partial charge in [-0.3, -0.25) is 4.79 Å². The molecule has 0 aromatic heterocycles. The number of alkyl halides is 6. The molecular weight excluding hydrogens is 239 g/mol. The van der Waals surface area contributed by atoms with Crippen LogP contribution in [0, 0.1) is 0 Å². The average molecular weight is 243 g/mol. The van der Waals surface area contributed by atoms with Crippen molar-refractivity contribution in [1.82, 2.24) is 0 Å². The van der Waals surface area contributed by atoms with Crippen molar-refractivity contribution in [2.24, 2.45) is 0 Å². The van der Waals surface area contributed by atoms with Gasteiger partial charge in [-0.1, -0.05) is 34.8 Å². The van der Waals surface area contributed by atoms with E-state index in [-0.39, 0.29) is 0 Å². The van der Waals surface area contributed by atoms with E-state index in [1.54, 1.807) is 0 Å². The van der Waals surface area contributed by atoms with E-state index < -0.39 is 28.6 Å². The molecular formula is C5H4Cl3F3O. The van der Waals surface area contributed by atoms with Gasteiger partial charge in [-0.05, 0) is 0 Å². The van der Waals surface area contributed by atoms with Crippen LogP contribution in [0.25, 0.3) is 0 Å². The van der Waals surface area contributed by atoms with Crippen LogP contribution in [-0.4, -0.2) is 22.2 Å². The van der Waals surface area contributed by atoms with E-state index in [0.29, 0.717) is 0 Å². The third-order valence-electron chi connectivity index (χ3n) is 0.983. The number of carbonyl (C=O) groups is 1. The summed E-state index contributed by atoms with van der Waals surface area (Å²) in [5.41, 5.74) is 0. The second kappa shape index (κ2) is 4.03. The minimum Gasteiger partial charge on any atom is -0.297 e. The number of ketones is 1. The van der Waals surface area contributed by atoms with E-state index in [9.17, 15) is 18.0 Å². The molecule has 0 N–H and O–H groups in total. The summed E-state index contributed by atoms with van der Waals surface area (Å²) in [7, 11) is 0. The van der Waals surface area contributed by atoms with E-state index in [4.69, 9.17) is 11.6 Å². The molecule has 1 nitrogen and oxygen atoms in total. The molecule has 72 valence electrons. The predicted octanol–water partition coefficient (Wildman–Crippen LogP) is 2.92. The molecule has 1 unspecified atom stereocenters. The molecule has 7 heteroatoms. The summed E-state index contributed by atoms with van der Waals surface area (Å²) < 4.78 is 33.3. The highest BCUT2D eigenvalue weighted by Crippen LogP contribution is 2.44. The summed E-state index contributed by atoms with van der Waals surface area (Å²) in [5, 5.41) is -3.29. The van der Waals surface area contributed by atoms with Crippen molar-refractivity contribution < 1.29 is 18.0 Å². The molecule has 0 aliphatic carbocycles. The van der Waals surface area contributed by atoms with Gasteiger partial charge in [0.25, 0.3) is 5.13 Å². The molecule has 0 spiro atoms. The highest BCUT2D eigenvalue weighted by Gasteiger charge is 2.51. The van der Waals surface area contributed by atoms with Gasteiger partial charge in [0.05, 0.1) is 6.42 Å². The molecule has 0 amide bonds. The lowest BCUT2D eigenvalue weighted by molar-refractivity contribution is -0.122. The van der Waals surface area contributed by atoms with E-state index in [0.717, 1.165) is 0 Å². The number of halogens is 6. The van der Waals surface area contributed by atoms with Crippen LogP contribution in [0.3, 0.4) is 0 Å². The Morgan fingerprint density at radius 2 is 1.67 bits per heavy atom. The van der Waals surface area contributed by atoms with Crippen molar-refractivity contribution in [3.05, 3.63) is 0 Å². The van der Waals surface area contributed by atoms with Gasteiger partial charge in [-0.25, -0.2) is 13.2 Å².